The lowest BCUT2D eigenvalue weighted by molar-refractivity contribution is 0.138. The maximum atomic E-state index is 5.34. The highest BCUT2D eigenvalue weighted by Crippen LogP contribution is 2.42. The van der Waals surface area contributed by atoms with E-state index in [0.717, 1.165) is 25.5 Å². The van der Waals surface area contributed by atoms with Crippen molar-refractivity contribution in [1.82, 2.24) is 10.6 Å². The van der Waals surface area contributed by atoms with Gasteiger partial charge in [0, 0.05) is 39.3 Å². The van der Waals surface area contributed by atoms with E-state index in [1.165, 1.54) is 43.2 Å². The van der Waals surface area contributed by atoms with Gasteiger partial charge in [0.15, 0.2) is 5.96 Å². The molecule has 3 rings (SSSR count). The topological polar surface area (TPSA) is 45.7 Å². The Morgan fingerprint density at radius 1 is 1.27 bits per heavy atom. The van der Waals surface area contributed by atoms with Gasteiger partial charge in [-0.25, -0.2) is 0 Å². The molecular weight excluding hydrogens is 437 g/mol. The molecule has 2 fully saturated rings. The van der Waals surface area contributed by atoms with E-state index in [1.54, 1.807) is 7.11 Å². The van der Waals surface area contributed by atoms with Gasteiger partial charge in [0.2, 0.25) is 0 Å². The summed E-state index contributed by atoms with van der Waals surface area (Å²) in [5.41, 5.74) is 3.25. The first-order valence-corrected chi connectivity index (χ1v) is 9.69. The SMILES string of the molecule is CN=C(NCC1(CCOC)CCCC1)NC1CC1c1ccccc1C.I. The van der Waals surface area contributed by atoms with E-state index in [0.29, 0.717) is 17.4 Å². The van der Waals surface area contributed by atoms with Gasteiger partial charge in [0.05, 0.1) is 0 Å². The molecule has 0 heterocycles. The molecule has 0 bridgehead atoms. The highest BCUT2D eigenvalue weighted by atomic mass is 127. The van der Waals surface area contributed by atoms with E-state index in [-0.39, 0.29) is 24.0 Å². The van der Waals surface area contributed by atoms with E-state index in [2.05, 4.69) is 46.8 Å². The summed E-state index contributed by atoms with van der Waals surface area (Å²) in [6, 6.07) is 9.23. The molecule has 0 aromatic heterocycles. The highest BCUT2D eigenvalue weighted by molar-refractivity contribution is 14.0. The van der Waals surface area contributed by atoms with Crippen molar-refractivity contribution in [3.8, 4) is 0 Å². The summed E-state index contributed by atoms with van der Waals surface area (Å²) in [7, 11) is 3.67. The lowest BCUT2D eigenvalue weighted by Gasteiger charge is -2.30. The summed E-state index contributed by atoms with van der Waals surface area (Å²) < 4.78 is 5.34. The number of rotatable bonds is 7. The maximum Gasteiger partial charge on any atom is 0.191 e. The summed E-state index contributed by atoms with van der Waals surface area (Å²) >= 11 is 0. The summed E-state index contributed by atoms with van der Waals surface area (Å²) in [6.45, 7) is 4.06. The second-order valence-electron chi connectivity index (χ2n) is 7.83. The lowest BCUT2D eigenvalue weighted by atomic mass is 9.83. The predicted octanol–water partition coefficient (Wildman–Crippen LogP) is 4.23. The number of methoxy groups -OCH3 is 1. The molecule has 5 heteroatoms. The van der Waals surface area contributed by atoms with Crippen LogP contribution < -0.4 is 10.6 Å². The fourth-order valence-electron chi connectivity index (χ4n) is 4.30. The third-order valence-electron chi connectivity index (χ3n) is 6.06. The number of ether oxygens (including phenoxy) is 1. The van der Waals surface area contributed by atoms with Crippen LogP contribution in [0.1, 0.15) is 55.6 Å². The third kappa shape index (κ3) is 5.35. The van der Waals surface area contributed by atoms with Gasteiger partial charge in [-0.15, -0.1) is 24.0 Å². The van der Waals surface area contributed by atoms with E-state index in [9.17, 15) is 0 Å². The van der Waals surface area contributed by atoms with Gasteiger partial charge in [-0.3, -0.25) is 4.99 Å². The van der Waals surface area contributed by atoms with E-state index < -0.39 is 0 Å². The van der Waals surface area contributed by atoms with E-state index in [1.807, 2.05) is 7.05 Å². The van der Waals surface area contributed by atoms with Crippen LogP contribution >= 0.6 is 24.0 Å². The first-order valence-electron chi connectivity index (χ1n) is 9.69. The van der Waals surface area contributed by atoms with Crippen molar-refractivity contribution in [2.45, 2.75) is 57.4 Å². The minimum atomic E-state index is 0. The molecule has 2 N–H and O–H groups in total. The monoisotopic (exact) mass is 471 g/mol. The summed E-state index contributed by atoms with van der Waals surface area (Å²) in [5, 5.41) is 7.22. The number of aliphatic imine (C=N–C) groups is 1. The Bertz CT molecular complexity index is 599. The average molecular weight is 471 g/mol. The van der Waals surface area contributed by atoms with Crippen LogP contribution in [0.3, 0.4) is 0 Å². The molecule has 2 atom stereocenters. The van der Waals surface area contributed by atoms with Gasteiger partial charge in [-0.1, -0.05) is 37.1 Å². The van der Waals surface area contributed by atoms with Crippen molar-refractivity contribution < 1.29 is 4.74 Å². The maximum absolute atomic E-state index is 5.34. The molecule has 2 saturated carbocycles. The molecule has 146 valence electrons. The molecule has 2 unspecified atom stereocenters. The highest BCUT2D eigenvalue weighted by Gasteiger charge is 2.40. The van der Waals surface area contributed by atoms with Crippen LogP contribution in [0.5, 0.6) is 0 Å². The minimum Gasteiger partial charge on any atom is -0.385 e. The van der Waals surface area contributed by atoms with Gasteiger partial charge in [0.1, 0.15) is 0 Å². The number of aryl methyl sites for hydroxylation is 1. The van der Waals surface area contributed by atoms with Crippen molar-refractivity contribution >= 4 is 29.9 Å². The molecule has 4 nitrogen and oxygen atoms in total. The number of halogens is 1. The molecule has 0 radical (unpaired) electrons. The van der Waals surface area contributed by atoms with E-state index >= 15 is 0 Å². The standard InChI is InChI=1S/C21H33N3O.HI/c1-16-8-4-5-9-17(16)18-14-19(18)24-20(22-2)23-15-21(12-13-25-3)10-6-7-11-21;/h4-5,8-9,18-19H,6-7,10-15H2,1-3H3,(H2,22,23,24);1H. The summed E-state index contributed by atoms with van der Waals surface area (Å²) in [4.78, 5) is 4.45. The van der Waals surface area contributed by atoms with Crippen LogP contribution in [0.4, 0.5) is 0 Å². The van der Waals surface area contributed by atoms with Gasteiger partial charge in [-0.2, -0.15) is 0 Å². The Labute approximate surface area is 175 Å². The van der Waals surface area contributed by atoms with Crippen LogP contribution in [-0.4, -0.2) is 39.3 Å². The molecule has 26 heavy (non-hydrogen) atoms. The fourth-order valence-corrected chi connectivity index (χ4v) is 4.30. The average Bonchev–Trinajstić information content (AvgIpc) is 3.23. The summed E-state index contributed by atoms with van der Waals surface area (Å²) in [5.74, 6) is 1.57. The molecular formula is C21H34IN3O. The number of nitrogens with one attached hydrogen (secondary N) is 2. The molecule has 1 aromatic rings. The summed E-state index contributed by atoms with van der Waals surface area (Å²) in [6.07, 6.45) is 7.62. The molecule has 0 aliphatic heterocycles. The number of hydrogen-bond acceptors (Lipinski definition) is 2. The van der Waals surface area contributed by atoms with Crippen molar-refractivity contribution in [3.63, 3.8) is 0 Å². The zero-order valence-corrected chi connectivity index (χ0v) is 18.7. The third-order valence-corrected chi connectivity index (χ3v) is 6.06. The van der Waals surface area contributed by atoms with Gasteiger partial charge < -0.3 is 15.4 Å². The molecule has 1 aromatic carbocycles. The largest absolute Gasteiger partial charge is 0.385 e. The smallest absolute Gasteiger partial charge is 0.191 e. The Balaban J connectivity index is 0.00000243. The zero-order chi connectivity index (χ0) is 17.7. The molecule has 2 aliphatic rings. The number of benzene rings is 1. The Kier molecular flexibility index (Phi) is 8.20. The van der Waals surface area contributed by atoms with Crippen molar-refractivity contribution in [2.75, 3.05) is 27.3 Å². The number of guanidine groups is 1. The Morgan fingerprint density at radius 3 is 2.65 bits per heavy atom. The first-order chi connectivity index (χ1) is 12.2. The fraction of sp³-hybridized carbons (Fsp3) is 0.667. The van der Waals surface area contributed by atoms with Crippen LogP contribution in [0, 0.1) is 12.3 Å². The number of nitrogens with zero attached hydrogens (tertiary/aromatic N) is 1. The van der Waals surface area contributed by atoms with Gasteiger partial charge in [-0.05, 0) is 49.1 Å². The van der Waals surface area contributed by atoms with Crippen molar-refractivity contribution in [1.29, 1.82) is 0 Å². The zero-order valence-electron chi connectivity index (χ0n) is 16.4. The quantitative estimate of drug-likeness (QED) is 0.356. The Hall–Kier alpha value is -0.820. The molecule has 0 amide bonds. The lowest BCUT2D eigenvalue weighted by Crippen LogP contribution is -2.44. The Morgan fingerprint density at radius 2 is 2.00 bits per heavy atom. The minimum absolute atomic E-state index is 0. The normalized spacial score (nSPS) is 24.0. The molecule has 2 aliphatic carbocycles. The van der Waals surface area contributed by atoms with Crippen molar-refractivity contribution in [2.24, 2.45) is 10.4 Å². The molecule has 0 saturated heterocycles. The van der Waals surface area contributed by atoms with Gasteiger partial charge >= 0.3 is 0 Å². The van der Waals surface area contributed by atoms with Crippen LogP contribution in [0.2, 0.25) is 0 Å². The van der Waals surface area contributed by atoms with Gasteiger partial charge in [0.25, 0.3) is 0 Å². The number of hydrogen-bond donors (Lipinski definition) is 2. The first kappa shape index (κ1) is 21.5. The van der Waals surface area contributed by atoms with Crippen molar-refractivity contribution in [3.05, 3.63) is 35.4 Å². The van der Waals surface area contributed by atoms with Crippen LogP contribution in [0.15, 0.2) is 29.3 Å². The second-order valence-corrected chi connectivity index (χ2v) is 7.83. The molecule has 0 spiro atoms. The predicted molar refractivity (Wildman–Crippen MR) is 120 cm³/mol. The van der Waals surface area contributed by atoms with Crippen LogP contribution in [-0.2, 0) is 4.74 Å². The van der Waals surface area contributed by atoms with E-state index in [4.69, 9.17) is 4.74 Å². The second kappa shape index (κ2) is 9.93. The van der Waals surface area contributed by atoms with Crippen LogP contribution in [0.25, 0.3) is 0 Å².